The van der Waals surface area contributed by atoms with Crippen LogP contribution in [0, 0.1) is 0 Å². The van der Waals surface area contributed by atoms with Crippen molar-refractivity contribution in [2.75, 3.05) is 7.05 Å². The zero-order valence-corrected chi connectivity index (χ0v) is 9.90. The number of nitrogens with two attached hydrogens (primary N) is 1. The molecule has 0 aliphatic rings. The molecule has 19 heavy (non-hydrogen) atoms. The highest BCUT2D eigenvalue weighted by Crippen LogP contribution is 2.32. The van der Waals surface area contributed by atoms with Crippen LogP contribution in [0.1, 0.15) is 11.1 Å². The number of nitrogens with zero attached hydrogens (tertiary/aromatic N) is 1. The standard InChI is InChI=1S/C12H11F3N2O2/c1-17-10(6-9(16)11(18)19)7-4-2-3-5-8(7)12(13,14)15/h2-6H,16H2,1H3,(H,18,19). The Labute approximate surface area is 107 Å². The third-order valence-electron chi connectivity index (χ3n) is 2.29. The normalized spacial score (nSPS) is 13.5. The fraction of sp³-hybridized carbons (Fsp3) is 0.167. The molecule has 7 heteroatoms. The summed E-state index contributed by atoms with van der Waals surface area (Å²) < 4.78 is 38.5. The molecular formula is C12H11F3N2O2. The van der Waals surface area contributed by atoms with Crippen molar-refractivity contribution >= 4 is 11.7 Å². The van der Waals surface area contributed by atoms with Crippen molar-refractivity contribution in [3.8, 4) is 0 Å². The number of carboxylic acids is 1. The molecule has 1 aromatic rings. The van der Waals surface area contributed by atoms with Crippen molar-refractivity contribution in [3.05, 3.63) is 47.2 Å². The summed E-state index contributed by atoms with van der Waals surface area (Å²) in [6.45, 7) is 0. The smallest absolute Gasteiger partial charge is 0.417 e. The molecule has 1 rings (SSSR count). The first-order valence-corrected chi connectivity index (χ1v) is 5.11. The Bertz CT molecular complexity index is 548. The van der Waals surface area contributed by atoms with E-state index in [0.29, 0.717) is 0 Å². The van der Waals surface area contributed by atoms with E-state index in [1.807, 2.05) is 0 Å². The minimum absolute atomic E-state index is 0.146. The minimum Gasteiger partial charge on any atom is -0.477 e. The Morgan fingerprint density at radius 3 is 2.42 bits per heavy atom. The maximum atomic E-state index is 12.8. The summed E-state index contributed by atoms with van der Waals surface area (Å²) in [5, 5.41) is 8.63. The zero-order chi connectivity index (χ0) is 14.6. The van der Waals surface area contributed by atoms with Crippen LogP contribution in [0.3, 0.4) is 0 Å². The number of aliphatic carboxylic acids is 1. The van der Waals surface area contributed by atoms with Gasteiger partial charge in [-0.05, 0) is 12.1 Å². The van der Waals surface area contributed by atoms with Crippen molar-refractivity contribution in [1.82, 2.24) is 0 Å². The van der Waals surface area contributed by atoms with Crippen LogP contribution in [0.15, 0.2) is 41.0 Å². The number of carboxylic acid groups (broad SMARTS) is 1. The highest BCUT2D eigenvalue weighted by atomic mass is 19.4. The van der Waals surface area contributed by atoms with Gasteiger partial charge in [0.15, 0.2) is 0 Å². The number of carbonyl (C=O) groups is 1. The van der Waals surface area contributed by atoms with Gasteiger partial charge in [-0.1, -0.05) is 18.2 Å². The van der Waals surface area contributed by atoms with Gasteiger partial charge in [-0.3, -0.25) is 4.99 Å². The molecule has 3 N–H and O–H groups in total. The molecule has 102 valence electrons. The third kappa shape index (κ3) is 3.57. The molecule has 0 heterocycles. The van der Waals surface area contributed by atoms with Crippen LogP contribution in [0.4, 0.5) is 13.2 Å². The number of rotatable bonds is 3. The molecule has 0 saturated heterocycles. The maximum absolute atomic E-state index is 12.8. The summed E-state index contributed by atoms with van der Waals surface area (Å²) >= 11 is 0. The first kappa shape index (κ1) is 14.7. The van der Waals surface area contributed by atoms with Crippen LogP contribution in [0.5, 0.6) is 0 Å². The number of allylic oxidation sites excluding steroid dienone is 1. The highest BCUT2D eigenvalue weighted by Gasteiger charge is 2.33. The summed E-state index contributed by atoms with van der Waals surface area (Å²) in [5.74, 6) is -1.43. The molecule has 0 unspecified atom stereocenters. The van der Waals surface area contributed by atoms with Gasteiger partial charge in [-0.25, -0.2) is 4.79 Å². The number of aliphatic imine (C=N–C) groups is 1. The average Bonchev–Trinajstić information content (AvgIpc) is 2.34. The first-order valence-electron chi connectivity index (χ1n) is 5.11. The lowest BCUT2D eigenvalue weighted by Crippen LogP contribution is -2.16. The molecule has 0 fully saturated rings. The highest BCUT2D eigenvalue weighted by molar-refractivity contribution is 6.12. The summed E-state index contributed by atoms with van der Waals surface area (Å²) in [7, 11) is 1.26. The molecular weight excluding hydrogens is 261 g/mol. The van der Waals surface area contributed by atoms with E-state index in [0.717, 1.165) is 12.1 Å². The van der Waals surface area contributed by atoms with E-state index in [-0.39, 0.29) is 11.3 Å². The SMILES string of the molecule is CN=C(C=C(N)C(=O)O)c1ccccc1C(F)(F)F. The van der Waals surface area contributed by atoms with E-state index in [2.05, 4.69) is 4.99 Å². The largest absolute Gasteiger partial charge is 0.477 e. The molecule has 0 radical (unpaired) electrons. The molecule has 0 saturated carbocycles. The maximum Gasteiger partial charge on any atom is 0.417 e. The van der Waals surface area contributed by atoms with Crippen molar-refractivity contribution in [1.29, 1.82) is 0 Å². The van der Waals surface area contributed by atoms with Crippen molar-refractivity contribution in [3.63, 3.8) is 0 Å². The van der Waals surface area contributed by atoms with Crippen molar-refractivity contribution in [2.45, 2.75) is 6.18 Å². The van der Waals surface area contributed by atoms with Crippen LogP contribution in [0.2, 0.25) is 0 Å². The second kappa shape index (κ2) is 5.55. The van der Waals surface area contributed by atoms with Crippen LogP contribution in [-0.4, -0.2) is 23.8 Å². The van der Waals surface area contributed by atoms with E-state index < -0.39 is 23.4 Å². The first-order chi connectivity index (χ1) is 8.77. The van der Waals surface area contributed by atoms with Gasteiger partial charge < -0.3 is 10.8 Å². The number of alkyl halides is 3. The number of halogens is 3. The molecule has 0 aliphatic heterocycles. The van der Waals surface area contributed by atoms with E-state index in [1.165, 1.54) is 25.2 Å². The monoisotopic (exact) mass is 272 g/mol. The van der Waals surface area contributed by atoms with Gasteiger partial charge in [0.05, 0.1) is 11.3 Å². The average molecular weight is 272 g/mol. The lowest BCUT2D eigenvalue weighted by Gasteiger charge is -2.12. The fourth-order valence-electron chi connectivity index (χ4n) is 1.43. The fourth-order valence-corrected chi connectivity index (χ4v) is 1.43. The van der Waals surface area contributed by atoms with Gasteiger partial charge in [-0.2, -0.15) is 13.2 Å². The van der Waals surface area contributed by atoms with Gasteiger partial charge in [0.2, 0.25) is 0 Å². The zero-order valence-electron chi connectivity index (χ0n) is 9.90. The third-order valence-corrected chi connectivity index (χ3v) is 2.29. The molecule has 4 nitrogen and oxygen atoms in total. The van der Waals surface area contributed by atoms with Gasteiger partial charge >= 0.3 is 12.1 Å². The topological polar surface area (TPSA) is 75.7 Å². The molecule has 0 atom stereocenters. The number of hydrogen-bond donors (Lipinski definition) is 2. The molecule has 1 aromatic carbocycles. The van der Waals surface area contributed by atoms with Gasteiger partial charge in [-0.15, -0.1) is 0 Å². The Morgan fingerprint density at radius 1 is 1.37 bits per heavy atom. The molecule has 0 bridgehead atoms. The number of benzene rings is 1. The molecule has 0 amide bonds. The van der Waals surface area contributed by atoms with E-state index in [1.54, 1.807) is 0 Å². The Balaban J connectivity index is 3.37. The summed E-state index contributed by atoms with van der Waals surface area (Å²) in [6, 6.07) is 4.74. The summed E-state index contributed by atoms with van der Waals surface area (Å²) in [5.41, 5.74) is 3.34. The summed E-state index contributed by atoms with van der Waals surface area (Å²) in [4.78, 5) is 14.2. The summed E-state index contributed by atoms with van der Waals surface area (Å²) in [6.07, 6.45) is -3.66. The second-order valence-electron chi connectivity index (χ2n) is 3.56. The Hall–Kier alpha value is -2.31. The van der Waals surface area contributed by atoms with Gasteiger partial charge in [0, 0.05) is 12.6 Å². The predicted molar refractivity (Wildman–Crippen MR) is 63.8 cm³/mol. The van der Waals surface area contributed by atoms with Crippen LogP contribution in [0.25, 0.3) is 0 Å². The molecule has 0 spiro atoms. The lowest BCUT2D eigenvalue weighted by atomic mass is 10.0. The van der Waals surface area contributed by atoms with Crippen molar-refractivity contribution < 1.29 is 23.1 Å². The van der Waals surface area contributed by atoms with E-state index in [4.69, 9.17) is 10.8 Å². The van der Waals surface area contributed by atoms with Crippen LogP contribution in [-0.2, 0) is 11.0 Å². The van der Waals surface area contributed by atoms with Gasteiger partial charge in [0.1, 0.15) is 5.70 Å². The molecule has 0 aromatic heterocycles. The van der Waals surface area contributed by atoms with E-state index in [9.17, 15) is 18.0 Å². The number of hydrogen-bond acceptors (Lipinski definition) is 3. The van der Waals surface area contributed by atoms with E-state index >= 15 is 0 Å². The molecule has 0 aliphatic carbocycles. The van der Waals surface area contributed by atoms with Crippen molar-refractivity contribution in [2.24, 2.45) is 10.7 Å². The minimum atomic E-state index is -4.56. The van der Waals surface area contributed by atoms with Crippen LogP contribution < -0.4 is 5.73 Å². The quantitative estimate of drug-likeness (QED) is 0.653. The van der Waals surface area contributed by atoms with Gasteiger partial charge in [0.25, 0.3) is 0 Å². The Kier molecular flexibility index (Phi) is 4.31. The lowest BCUT2D eigenvalue weighted by molar-refractivity contribution is -0.137. The second-order valence-corrected chi connectivity index (χ2v) is 3.56. The predicted octanol–water partition coefficient (Wildman–Crippen LogP) is 2.05. The Morgan fingerprint density at radius 2 is 1.95 bits per heavy atom. The van der Waals surface area contributed by atoms with Crippen LogP contribution >= 0.6 is 0 Å².